The van der Waals surface area contributed by atoms with Gasteiger partial charge in [0.15, 0.2) is 0 Å². The molecule has 0 fully saturated rings. The van der Waals surface area contributed by atoms with Crippen LogP contribution < -0.4 is 27.0 Å². The molecule has 0 aliphatic carbocycles. The Labute approximate surface area is 350 Å². The molecule has 5 aromatic carbocycles. The summed E-state index contributed by atoms with van der Waals surface area (Å²) in [7, 11) is 0. The van der Waals surface area contributed by atoms with E-state index in [9.17, 15) is 54.6 Å². The third-order valence-corrected chi connectivity index (χ3v) is 9.75. The van der Waals surface area contributed by atoms with Crippen LogP contribution in [-0.4, -0.2) is 90.4 Å². The second kappa shape index (κ2) is 20.9. The van der Waals surface area contributed by atoms with E-state index in [0.29, 0.717) is 27.8 Å². The van der Waals surface area contributed by atoms with Crippen molar-refractivity contribution in [2.75, 3.05) is 0 Å². The molecule has 0 saturated heterocycles. The summed E-state index contributed by atoms with van der Waals surface area (Å²) >= 11 is 0. The van der Waals surface area contributed by atoms with Gasteiger partial charge in [-0.25, -0.2) is 4.79 Å². The van der Waals surface area contributed by atoms with Crippen molar-refractivity contribution in [2.45, 2.75) is 62.3 Å². The highest BCUT2D eigenvalue weighted by Gasteiger charge is 2.33. The maximum Gasteiger partial charge on any atom is 0.326 e. The average Bonchev–Trinajstić information content (AvgIpc) is 3.23. The normalized spacial score (nSPS) is 13.4. The van der Waals surface area contributed by atoms with Crippen LogP contribution in [0.15, 0.2) is 121 Å². The molecule has 61 heavy (non-hydrogen) atoms. The van der Waals surface area contributed by atoms with Gasteiger partial charge in [-0.2, -0.15) is 0 Å². The Bertz CT molecular complexity index is 2270. The van der Waals surface area contributed by atoms with Crippen LogP contribution in [0.1, 0.15) is 27.8 Å². The number of carbonyl (C=O) groups is 5. The maximum absolute atomic E-state index is 14.3. The number of aromatic hydroxyl groups is 5. The van der Waals surface area contributed by atoms with Gasteiger partial charge in [0.05, 0.1) is 6.04 Å². The van der Waals surface area contributed by atoms with Gasteiger partial charge >= 0.3 is 5.97 Å². The minimum Gasteiger partial charge on any atom is -0.508 e. The van der Waals surface area contributed by atoms with Gasteiger partial charge in [0, 0.05) is 25.7 Å². The summed E-state index contributed by atoms with van der Waals surface area (Å²) in [5.41, 5.74) is 8.91. The molecule has 16 heteroatoms. The molecule has 5 rings (SSSR count). The van der Waals surface area contributed by atoms with Gasteiger partial charge in [-0.3, -0.25) is 19.2 Å². The van der Waals surface area contributed by atoms with E-state index in [4.69, 9.17) is 5.73 Å². The molecule has 5 atom stereocenters. The Kier molecular flexibility index (Phi) is 15.3. The summed E-state index contributed by atoms with van der Waals surface area (Å²) in [6, 6.07) is 22.7. The van der Waals surface area contributed by atoms with Crippen molar-refractivity contribution in [1.29, 1.82) is 0 Å². The molecular weight excluding hydrogens is 787 g/mol. The van der Waals surface area contributed by atoms with E-state index in [2.05, 4.69) is 21.3 Å². The molecule has 0 aliphatic rings. The van der Waals surface area contributed by atoms with Crippen molar-refractivity contribution in [3.63, 3.8) is 0 Å². The summed E-state index contributed by atoms with van der Waals surface area (Å²) in [4.78, 5) is 68.3. The Balaban J connectivity index is 1.42. The van der Waals surface area contributed by atoms with Gasteiger partial charge in [-0.15, -0.1) is 0 Å². The van der Waals surface area contributed by atoms with Crippen LogP contribution >= 0.6 is 0 Å². The number of nitrogens with two attached hydrogens (primary N) is 1. The van der Waals surface area contributed by atoms with Crippen molar-refractivity contribution < 1.29 is 54.6 Å². The summed E-state index contributed by atoms with van der Waals surface area (Å²) in [5.74, 6) is -4.75. The molecule has 4 amide bonds. The van der Waals surface area contributed by atoms with Crippen molar-refractivity contribution in [1.82, 2.24) is 21.3 Å². The highest BCUT2D eigenvalue weighted by Crippen LogP contribution is 2.17. The van der Waals surface area contributed by atoms with E-state index >= 15 is 0 Å². The topological polar surface area (TPSA) is 281 Å². The lowest BCUT2D eigenvalue weighted by molar-refractivity contribution is -0.142. The third-order valence-electron chi connectivity index (χ3n) is 9.75. The van der Waals surface area contributed by atoms with Crippen molar-refractivity contribution in [3.05, 3.63) is 149 Å². The van der Waals surface area contributed by atoms with E-state index < -0.39 is 59.8 Å². The van der Waals surface area contributed by atoms with Gasteiger partial charge in [0.2, 0.25) is 23.6 Å². The Morgan fingerprint density at radius 1 is 0.361 bits per heavy atom. The molecule has 0 aliphatic heterocycles. The number of carboxylic acids is 1. The second-order valence-corrected chi connectivity index (χ2v) is 14.5. The Hall–Kier alpha value is -7.59. The highest BCUT2D eigenvalue weighted by atomic mass is 16.4. The lowest BCUT2D eigenvalue weighted by atomic mass is 10.00. The van der Waals surface area contributed by atoms with E-state index in [0.717, 1.165) is 0 Å². The smallest absolute Gasteiger partial charge is 0.326 e. The van der Waals surface area contributed by atoms with E-state index in [1.54, 1.807) is 24.3 Å². The fourth-order valence-electron chi connectivity index (χ4n) is 6.37. The summed E-state index contributed by atoms with van der Waals surface area (Å²) in [6.07, 6.45) is -0.520. The number of carbonyl (C=O) groups excluding carboxylic acids is 4. The molecule has 0 unspecified atom stereocenters. The number of aliphatic carboxylic acids is 1. The first-order valence-electron chi connectivity index (χ1n) is 19.2. The largest absolute Gasteiger partial charge is 0.508 e. The lowest BCUT2D eigenvalue weighted by Gasteiger charge is -2.27. The quantitative estimate of drug-likeness (QED) is 0.0571. The van der Waals surface area contributed by atoms with Crippen LogP contribution in [-0.2, 0) is 56.1 Å². The monoisotopic (exact) mass is 833 g/mol. The Morgan fingerprint density at radius 2 is 0.574 bits per heavy atom. The number of phenols is 5. The van der Waals surface area contributed by atoms with Gasteiger partial charge in [0.1, 0.15) is 52.9 Å². The standard InChI is InChI=1S/C45H47N5O11/c46-36(21-26-1-11-31(51)12-2-26)41(56)47-37(22-27-3-13-32(52)14-4-27)42(57)48-38(23-28-5-15-33(53)16-6-28)43(58)49-39(24-29-7-17-34(54)18-8-29)44(59)50-40(45(60)61)25-30-9-19-35(55)20-10-30/h1-20,36-40,51-55H,21-25,46H2,(H,47,56)(H,48,57)(H,49,58)(H,50,59)(H,60,61)/t36-,37-,38-,39-,40-/m0/s1. The third kappa shape index (κ3) is 13.8. The highest BCUT2D eigenvalue weighted by molar-refractivity contribution is 5.96. The number of hydrogen-bond acceptors (Lipinski definition) is 11. The summed E-state index contributed by atoms with van der Waals surface area (Å²) < 4.78 is 0. The van der Waals surface area contributed by atoms with Gasteiger partial charge in [-0.1, -0.05) is 60.7 Å². The molecule has 0 radical (unpaired) electrons. The minimum atomic E-state index is -1.45. The fraction of sp³-hybridized carbons (Fsp3) is 0.222. The minimum absolute atomic E-state index is 0.0284. The number of nitrogens with one attached hydrogen (secondary N) is 4. The molecule has 5 aromatic rings. The van der Waals surface area contributed by atoms with Crippen LogP contribution in [0.4, 0.5) is 0 Å². The lowest BCUT2D eigenvalue weighted by Crippen LogP contribution is -2.59. The first kappa shape index (κ1) is 44.5. The zero-order chi connectivity index (χ0) is 44.1. The van der Waals surface area contributed by atoms with Crippen molar-refractivity contribution >= 4 is 29.6 Å². The van der Waals surface area contributed by atoms with E-state index in [1.165, 1.54) is 97.1 Å². The molecule has 0 aromatic heterocycles. The first-order chi connectivity index (χ1) is 29.1. The van der Waals surface area contributed by atoms with Gasteiger partial charge in [-0.05, 0) is 94.9 Å². The number of phenolic OH excluding ortho intramolecular Hbond substituents is 5. The fourth-order valence-corrected chi connectivity index (χ4v) is 6.37. The zero-order valence-electron chi connectivity index (χ0n) is 32.8. The number of hydrogen-bond donors (Lipinski definition) is 11. The number of benzene rings is 5. The van der Waals surface area contributed by atoms with E-state index in [1.807, 2.05) is 0 Å². The molecule has 0 saturated carbocycles. The molecule has 0 heterocycles. The second-order valence-electron chi connectivity index (χ2n) is 14.5. The molecule has 0 bridgehead atoms. The molecule has 16 nitrogen and oxygen atoms in total. The van der Waals surface area contributed by atoms with Crippen LogP contribution in [0.5, 0.6) is 28.7 Å². The van der Waals surface area contributed by atoms with Crippen molar-refractivity contribution in [3.8, 4) is 28.7 Å². The van der Waals surface area contributed by atoms with E-state index in [-0.39, 0.29) is 60.9 Å². The summed E-state index contributed by atoms with van der Waals surface area (Å²) in [6.45, 7) is 0. The molecular formula is C45H47N5O11. The van der Waals surface area contributed by atoms with Gasteiger partial charge < -0.3 is 57.6 Å². The number of amides is 4. The predicted molar refractivity (Wildman–Crippen MR) is 222 cm³/mol. The number of carboxylic acid groups (broad SMARTS) is 1. The maximum atomic E-state index is 14.3. The average molecular weight is 834 g/mol. The zero-order valence-corrected chi connectivity index (χ0v) is 32.8. The first-order valence-corrected chi connectivity index (χ1v) is 19.2. The van der Waals surface area contributed by atoms with Gasteiger partial charge in [0.25, 0.3) is 0 Å². The van der Waals surface area contributed by atoms with Crippen LogP contribution in [0.25, 0.3) is 0 Å². The van der Waals surface area contributed by atoms with Crippen LogP contribution in [0, 0.1) is 0 Å². The molecule has 12 N–H and O–H groups in total. The SMILES string of the molecule is N[C@@H](Cc1ccc(O)cc1)C(=O)N[C@@H](Cc1ccc(O)cc1)C(=O)N[C@@H](Cc1ccc(O)cc1)C(=O)N[C@@H](Cc1ccc(O)cc1)C(=O)N[C@@H](Cc1ccc(O)cc1)C(=O)O. The van der Waals surface area contributed by atoms with Crippen LogP contribution in [0.3, 0.4) is 0 Å². The van der Waals surface area contributed by atoms with Crippen LogP contribution in [0.2, 0.25) is 0 Å². The number of rotatable bonds is 19. The Morgan fingerprint density at radius 3 is 0.836 bits per heavy atom. The molecule has 318 valence electrons. The molecule has 0 spiro atoms. The summed E-state index contributed by atoms with van der Waals surface area (Å²) in [5, 5.41) is 69.5. The predicted octanol–water partition coefficient (Wildman–Crippen LogP) is 2.08. The van der Waals surface area contributed by atoms with Crippen molar-refractivity contribution in [2.24, 2.45) is 5.73 Å².